The molecule has 3 nitrogen and oxygen atoms in total. The number of nitrogens with zero attached hydrogens (tertiary/aromatic N) is 1. The molecule has 0 amide bonds. The molecular formula is C15H12F2N2O. The van der Waals surface area contributed by atoms with Crippen molar-refractivity contribution in [3.63, 3.8) is 0 Å². The third-order valence-corrected chi connectivity index (χ3v) is 2.82. The fourth-order valence-electron chi connectivity index (χ4n) is 1.78. The van der Waals surface area contributed by atoms with E-state index in [0.717, 1.165) is 11.6 Å². The Bertz CT molecular complexity index is 665. The molecule has 0 radical (unpaired) electrons. The molecular weight excluding hydrogens is 262 g/mol. The highest BCUT2D eigenvalue weighted by Gasteiger charge is 2.08. The number of anilines is 1. The van der Waals surface area contributed by atoms with E-state index < -0.39 is 11.6 Å². The molecule has 0 bridgehead atoms. The Hall–Kier alpha value is -2.61. The first-order valence-corrected chi connectivity index (χ1v) is 5.90. The molecule has 0 fully saturated rings. The Morgan fingerprint density at radius 1 is 1.25 bits per heavy atom. The van der Waals surface area contributed by atoms with Crippen LogP contribution in [0.2, 0.25) is 0 Å². The highest BCUT2D eigenvalue weighted by Crippen LogP contribution is 2.21. The summed E-state index contributed by atoms with van der Waals surface area (Å²) in [5.74, 6) is -1.35. The van der Waals surface area contributed by atoms with E-state index in [2.05, 4.69) is 5.32 Å². The highest BCUT2D eigenvalue weighted by atomic mass is 19.2. The molecule has 2 aromatic carbocycles. The lowest BCUT2D eigenvalue weighted by molar-refractivity contribution is 0.413. The minimum Gasteiger partial charge on any atom is -0.495 e. The van der Waals surface area contributed by atoms with Gasteiger partial charge in [0, 0.05) is 6.54 Å². The molecule has 102 valence electrons. The third-order valence-electron chi connectivity index (χ3n) is 2.82. The molecule has 0 unspecified atom stereocenters. The number of ether oxygens (including phenoxy) is 1. The van der Waals surface area contributed by atoms with Crippen molar-refractivity contribution < 1.29 is 13.5 Å². The number of methoxy groups -OCH3 is 1. The van der Waals surface area contributed by atoms with Crippen molar-refractivity contribution in [3.8, 4) is 11.8 Å². The predicted octanol–water partition coefficient (Wildman–Crippen LogP) is 3.46. The number of benzene rings is 2. The largest absolute Gasteiger partial charge is 0.495 e. The van der Waals surface area contributed by atoms with E-state index in [1.165, 1.54) is 19.2 Å². The molecule has 0 aliphatic heterocycles. The van der Waals surface area contributed by atoms with Gasteiger partial charge in [0.15, 0.2) is 11.6 Å². The number of rotatable bonds is 4. The second kappa shape index (κ2) is 6.02. The highest BCUT2D eigenvalue weighted by molar-refractivity contribution is 5.48. The average Bonchev–Trinajstić information content (AvgIpc) is 2.48. The van der Waals surface area contributed by atoms with Crippen LogP contribution in [0.3, 0.4) is 0 Å². The predicted molar refractivity (Wildman–Crippen MR) is 71.4 cm³/mol. The van der Waals surface area contributed by atoms with E-state index in [9.17, 15) is 8.78 Å². The molecule has 5 heteroatoms. The number of nitrogens with one attached hydrogen (secondary N) is 1. The maximum Gasteiger partial charge on any atom is 0.181 e. The molecule has 0 saturated heterocycles. The number of hydrogen-bond donors (Lipinski definition) is 1. The lowest BCUT2D eigenvalue weighted by atomic mass is 10.1. The normalized spacial score (nSPS) is 9.90. The van der Waals surface area contributed by atoms with Crippen molar-refractivity contribution >= 4 is 5.69 Å². The molecule has 2 rings (SSSR count). The Balaban J connectivity index is 2.15. The first kappa shape index (κ1) is 13.8. The van der Waals surface area contributed by atoms with Gasteiger partial charge in [-0.25, -0.2) is 8.78 Å². The molecule has 0 aliphatic carbocycles. The van der Waals surface area contributed by atoms with Gasteiger partial charge in [-0.2, -0.15) is 5.26 Å². The van der Waals surface area contributed by atoms with Crippen molar-refractivity contribution in [1.29, 1.82) is 5.26 Å². The van der Waals surface area contributed by atoms with Gasteiger partial charge in [0.2, 0.25) is 0 Å². The lowest BCUT2D eigenvalue weighted by Gasteiger charge is -2.10. The monoisotopic (exact) mass is 274 g/mol. The van der Waals surface area contributed by atoms with Crippen LogP contribution >= 0.6 is 0 Å². The van der Waals surface area contributed by atoms with Crippen LogP contribution in [0.4, 0.5) is 14.5 Å². The summed E-state index contributed by atoms with van der Waals surface area (Å²) in [6.07, 6.45) is 0. The Labute approximate surface area is 115 Å². The summed E-state index contributed by atoms with van der Waals surface area (Å²) in [5, 5.41) is 11.7. The lowest BCUT2D eigenvalue weighted by Crippen LogP contribution is -2.03. The summed E-state index contributed by atoms with van der Waals surface area (Å²) in [6, 6.07) is 11.0. The van der Waals surface area contributed by atoms with Gasteiger partial charge >= 0.3 is 0 Å². The van der Waals surface area contributed by atoms with Crippen molar-refractivity contribution in [2.24, 2.45) is 0 Å². The number of nitriles is 1. The van der Waals surface area contributed by atoms with Crippen LogP contribution in [0.25, 0.3) is 0 Å². The molecule has 0 atom stereocenters. The van der Waals surface area contributed by atoms with Gasteiger partial charge in [0.05, 0.1) is 18.4 Å². The van der Waals surface area contributed by atoms with E-state index in [4.69, 9.17) is 10.00 Å². The van der Waals surface area contributed by atoms with Crippen LogP contribution in [0, 0.1) is 23.0 Å². The topological polar surface area (TPSA) is 45.0 Å². The molecule has 20 heavy (non-hydrogen) atoms. The van der Waals surface area contributed by atoms with Crippen molar-refractivity contribution in [2.75, 3.05) is 12.4 Å². The van der Waals surface area contributed by atoms with E-state index in [1.807, 2.05) is 6.07 Å². The van der Waals surface area contributed by atoms with E-state index in [1.54, 1.807) is 18.2 Å². The van der Waals surface area contributed by atoms with E-state index in [0.29, 0.717) is 17.9 Å². The molecule has 2 aromatic rings. The first-order chi connectivity index (χ1) is 9.65. The SMILES string of the molecule is COc1cc(CNc2cccc(F)c2F)ccc1C#N. The fraction of sp³-hybridized carbons (Fsp3) is 0.133. The van der Waals surface area contributed by atoms with E-state index >= 15 is 0 Å². The summed E-state index contributed by atoms with van der Waals surface area (Å²) in [6.45, 7) is 0.294. The summed E-state index contributed by atoms with van der Waals surface area (Å²) >= 11 is 0. The molecule has 0 saturated carbocycles. The van der Waals surface area contributed by atoms with Crippen LogP contribution in [0.15, 0.2) is 36.4 Å². The van der Waals surface area contributed by atoms with E-state index in [-0.39, 0.29) is 5.69 Å². The van der Waals surface area contributed by atoms with Crippen LogP contribution < -0.4 is 10.1 Å². The zero-order valence-electron chi connectivity index (χ0n) is 10.8. The van der Waals surface area contributed by atoms with Crippen LogP contribution in [-0.2, 0) is 6.54 Å². The first-order valence-electron chi connectivity index (χ1n) is 5.90. The van der Waals surface area contributed by atoms with Crippen LogP contribution in [0.1, 0.15) is 11.1 Å². The quantitative estimate of drug-likeness (QED) is 0.928. The molecule has 0 heterocycles. The van der Waals surface area contributed by atoms with Gasteiger partial charge in [-0.15, -0.1) is 0 Å². The minimum atomic E-state index is -0.909. The molecule has 0 aromatic heterocycles. The summed E-state index contributed by atoms with van der Waals surface area (Å²) in [5.41, 5.74) is 1.31. The van der Waals surface area contributed by atoms with Gasteiger partial charge in [-0.1, -0.05) is 12.1 Å². The van der Waals surface area contributed by atoms with Crippen molar-refractivity contribution in [3.05, 3.63) is 59.2 Å². The second-order valence-electron chi connectivity index (χ2n) is 4.10. The standard InChI is InChI=1S/C15H12F2N2O/c1-20-14-7-10(5-6-11(14)8-18)9-19-13-4-2-3-12(16)15(13)17/h2-7,19H,9H2,1H3. The van der Waals surface area contributed by atoms with Gasteiger partial charge in [0.1, 0.15) is 11.8 Å². The Morgan fingerprint density at radius 3 is 2.75 bits per heavy atom. The summed E-state index contributed by atoms with van der Waals surface area (Å²) in [4.78, 5) is 0. The Kier molecular flexibility index (Phi) is 4.16. The molecule has 1 N–H and O–H groups in total. The van der Waals surface area contributed by atoms with Gasteiger partial charge in [-0.05, 0) is 29.8 Å². The summed E-state index contributed by atoms with van der Waals surface area (Å²) < 4.78 is 31.6. The van der Waals surface area contributed by atoms with Gasteiger partial charge in [-0.3, -0.25) is 0 Å². The van der Waals surface area contributed by atoms with Crippen LogP contribution in [-0.4, -0.2) is 7.11 Å². The maximum atomic E-state index is 13.5. The van der Waals surface area contributed by atoms with Crippen molar-refractivity contribution in [1.82, 2.24) is 0 Å². The average molecular weight is 274 g/mol. The Morgan fingerprint density at radius 2 is 2.05 bits per heavy atom. The third kappa shape index (κ3) is 2.86. The van der Waals surface area contributed by atoms with Crippen LogP contribution in [0.5, 0.6) is 5.75 Å². The fourth-order valence-corrected chi connectivity index (χ4v) is 1.78. The number of hydrogen-bond acceptors (Lipinski definition) is 3. The summed E-state index contributed by atoms with van der Waals surface area (Å²) in [7, 11) is 1.47. The minimum absolute atomic E-state index is 0.0910. The smallest absolute Gasteiger partial charge is 0.181 e. The van der Waals surface area contributed by atoms with Crippen molar-refractivity contribution in [2.45, 2.75) is 6.54 Å². The number of halogens is 2. The van der Waals surface area contributed by atoms with Gasteiger partial charge in [0.25, 0.3) is 0 Å². The van der Waals surface area contributed by atoms with Gasteiger partial charge < -0.3 is 10.1 Å². The second-order valence-corrected chi connectivity index (χ2v) is 4.10. The zero-order chi connectivity index (χ0) is 14.5. The maximum absolute atomic E-state index is 13.5. The molecule has 0 spiro atoms. The zero-order valence-corrected chi connectivity index (χ0v) is 10.8. The molecule has 0 aliphatic rings.